The van der Waals surface area contributed by atoms with Gasteiger partial charge >= 0.3 is 0 Å². The van der Waals surface area contributed by atoms with Gasteiger partial charge in [-0.15, -0.1) is 0 Å². The van der Waals surface area contributed by atoms with Gasteiger partial charge in [-0.05, 0) is 60.9 Å². The molecule has 126 valence electrons. The summed E-state index contributed by atoms with van der Waals surface area (Å²) < 4.78 is 5.29. The summed E-state index contributed by atoms with van der Waals surface area (Å²) in [4.78, 5) is 23.2. The van der Waals surface area contributed by atoms with Crippen LogP contribution in [0.5, 0.6) is 5.75 Å². The van der Waals surface area contributed by atoms with E-state index in [9.17, 15) is 9.59 Å². The van der Waals surface area contributed by atoms with Crippen molar-refractivity contribution in [2.24, 2.45) is 0 Å². The lowest BCUT2D eigenvalue weighted by Crippen LogP contribution is -2.15. The van der Waals surface area contributed by atoms with Gasteiger partial charge in [-0.3, -0.25) is 9.59 Å². The molecule has 0 saturated heterocycles. The van der Waals surface area contributed by atoms with Crippen LogP contribution in [0, 0.1) is 13.8 Å². The minimum atomic E-state index is -0.128. The molecule has 24 heavy (non-hydrogen) atoms. The van der Waals surface area contributed by atoms with Crippen LogP contribution in [0.25, 0.3) is 0 Å². The average molecular weight is 326 g/mol. The molecule has 2 aromatic carbocycles. The van der Waals surface area contributed by atoms with Gasteiger partial charge in [-0.1, -0.05) is 6.07 Å². The molecule has 2 aromatic rings. The van der Waals surface area contributed by atoms with Gasteiger partial charge in [-0.2, -0.15) is 0 Å². The summed E-state index contributed by atoms with van der Waals surface area (Å²) in [7, 11) is 1.64. The maximum atomic E-state index is 12.3. The average Bonchev–Trinajstić information content (AvgIpc) is 2.53. The molecule has 0 aliphatic rings. The topological polar surface area (TPSA) is 67.4 Å². The summed E-state index contributed by atoms with van der Waals surface area (Å²) in [5.74, 6) is 0.609. The van der Waals surface area contributed by atoms with Crippen LogP contribution in [0.1, 0.15) is 23.6 Å². The Kier molecular flexibility index (Phi) is 5.58. The van der Waals surface area contributed by atoms with Gasteiger partial charge in [0, 0.05) is 18.3 Å². The fourth-order valence-electron chi connectivity index (χ4n) is 2.48. The van der Waals surface area contributed by atoms with Crippen LogP contribution in [-0.2, 0) is 16.0 Å². The third-order valence-corrected chi connectivity index (χ3v) is 3.91. The minimum Gasteiger partial charge on any atom is -0.496 e. The third kappa shape index (κ3) is 4.35. The molecule has 0 saturated carbocycles. The lowest BCUT2D eigenvalue weighted by Gasteiger charge is -2.13. The molecule has 0 fully saturated rings. The van der Waals surface area contributed by atoms with E-state index in [-0.39, 0.29) is 11.8 Å². The zero-order valence-electron chi connectivity index (χ0n) is 14.4. The molecule has 0 aromatic heterocycles. The molecule has 5 nitrogen and oxygen atoms in total. The predicted molar refractivity (Wildman–Crippen MR) is 95.5 cm³/mol. The number of hydrogen-bond acceptors (Lipinski definition) is 3. The molecule has 5 heteroatoms. The van der Waals surface area contributed by atoms with Crippen molar-refractivity contribution in [3.05, 3.63) is 53.1 Å². The highest BCUT2D eigenvalue weighted by Crippen LogP contribution is 2.24. The van der Waals surface area contributed by atoms with Crippen LogP contribution in [0.3, 0.4) is 0 Å². The van der Waals surface area contributed by atoms with Gasteiger partial charge in [0.05, 0.1) is 13.5 Å². The Bertz CT molecular complexity index is 752. The first-order valence-electron chi connectivity index (χ1n) is 7.71. The Morgan fingerprint density at radius 3 is 2.04 bits per heavy atom. The monoisotopic (exact) mass is 326 g/mol. The number of hydrogen-bond donors (Lipinski definition) is 2. The van der Waals surface area contributed by atoms with Crippen molar-refractivity contribution in [3.63, 3.8) is 0 Å². The van der Waals surface area contributed by atoms with E-state index >= 15 is 0 Å². The quantitative estimate of drug-likeness (QED) is 0.884. The highest BCUT2D eigenvalue weighted by Gasteiger charge is 2.11. The summed E-state index contributed by atoms with van der Waals surface area (Å²) in [6.07, 6.45) is 0.296. The van der Waals surface area contributed by atoms with Crippen LogP contribution in [-0.4, -0.2) is 18.9 Å². The van der Waals surface area contributed by atoms with E-state index in [1.54, 1.807) is 31.4 Å². The molecule has 0 spiro atoms. The van der Waals surface area contributed by atoms with Crippen molar-refractivity contribution >= 4 is 23.2 Å². The molecule has 0 bridgehead atoms. The highest BCUT2D eigenvalue weighted by molar-refractivity contribution is 5.93. The molecule has 2 N–H and O–H groups in total. The second-order valence-electron chi connectivity index (χ2n) is 5.66. The van der Waals surface area contributed by atoms with Crippen molar-refractivity contribution in [2.75, 3.05) is 17.7 Å². The molecule has 0 aliphatic carbocycles. The van der Waals surface area contributed by atoms with Crippen LogP contribution in [0.2, 0.25) is 0 Å². The van der Waals surface area contributed by atoms with Crippen LogP contribution < -0.4 is 15.4 Å². The Hall–Kier alpha value is -2.82. The van der Waals surface area contributed by atoms with Gasteiger partial charge in [-0.25, -0.2) is 0 Å². The van der Waals surface area contributed by atoms with E-state index in [4.69, 9.17) is 4.74 Å². The number of carbonyl (C=O) groups excluding carboxylic acids is 2. The lowest BCUT2D eigenvalue weighted by molar-refractivity contribution is -0.116. The molecule has 0 radical (unpaired) electrons. The normalized spacial score (nSPS) is 10.2. The maximum absolute atomic E-state index is 12.3. The second-order valence-corrected chi connectivity index (χ2v) is 5.66. The lowest BCUT2D eigenvalue weighted by atomic mass is 10.00. The summed E-state index contributed by atoms with van der Waals surface area (Å²) in [6.45, 7) is 5.42. The predicted octanol–water partition coefficient (Wildman–Crippen LogP) is 3.45. The third-order valence-electron chi connectivity index (χ3n) is 3.91. The number of methoxy groups -OCH3 is 1. The number of carbonyl (C=O) groups is 2. The smallest absolute Gasteiger partial charge is 0.228 e. The van der Waals surface area contributed by atoms with Crippen molar-refractivity contribution in [3.8, 4) is 5.75 Å². The summed E-state index contributed by atoms with van der Waals surface area (Å²) in [6, 6.07) is 10.8. The number of nitrogens with one attached hydrogen (secondary N) is 2. The SMILES string of the molecule is COc1ccc(CC(=O)Nc2ccc(NC(C)=O)cc2)c(C)c1C. The van der Waals surface area contributed by atoms with Gasteiger partial charge in [0.15, 0.2) is 0 Å². The van der Waals surface area contributed by atoms with Crippen molar-refractivity contribution in [2.45, 2.75) is 27.2 Å². The van der Waals surface area contributed by atoms with Gasteiger partial charge < -0.3 is 15.4 Å². The van der Waals surface area contributed by atoms with Crippen molar-refractivity contribution in [1.29, 1.82) is 0 Å². The van der Waals surface area contributed by atoms with Crippen molar-refractivity contribution in [1.82, 2.24) is 0 Å². The standard InChI is InChI=1S/C19H22N2O3/c1-12-13(2)18(24-4)10-5-15(12)11-19(23)21-17-8-6-16(7-9-17)20-14(3)22/h5-10H,11H2,1-4H3,(H,20,22)(H,21,23). The minimum absolute atomic E-state index is 0.0880. The Balaban J connectivity index is 2.03. The molecular weight excluding hydrogens is 304 g/mol. The summed E-state index contributed by atoms with van der Waals surface area (Å²) in [5.41, 5.74) is 4.47. The van der Waals surface area contributed by atoms with Crippen molar-refractivity contribution < 1.29 is 14.3 Å². The number of ether oxygens (including phenoxy) is 1. The summed E-state index contributed by atoms with van der Waals surface area (Å²) in [5, 5.41) is 5.55. The van der Waals surface area contributed by atoms with Crippen LogP contribution in [0.15, 0.2) is 36.4 Å². The maximum Gasteiger partial charge on any atom is 0.228 e. The van der Waals surface area contributed by atoms with E-state index in [0.29, 0.717) is 17.8 Å². The molecule has 2 amide bonds. The summed E-state index contributed by atoms with van der Waals surface area (Å²) >= 11 is 0. The Labute approximate surface area is 142 Å². The van der Waals surface area contributed by atoms with E-state index in [1.165, 1.54) is 6.92 Å². The first-order valence-corrected chi connectivity index (χ1v) is 7.71. The molecular formula is C19H22N2O3. The van der Waals surface area contributed by atoms with E-state index in [0.717, 1.165) is 22.4 Å². The fraction of sp³-hybridized carbons (Fsp3) is 0.263. The molecule has 0 unspecified atom stereocenters. The number of anilines is 2. The highest BCUT2D eigenvalue weighted by atomic mass is 16.5. The largest absolute Gasteiger partial charge is 0.496 e. The molecule has 0 atom stereocenters. The molecule has 2 rings (SSSR count). The van der Waals surface area contributed by atoms with Gasteiger partial charge in [0.1, 0.15) is 5.75 Å². The first kappa shape index (κ1) is 17.5. The van der Waals surface area contributed by atoms with E-state index < -0.39 is 0 Å². The zero-order valence-corrected chi connectivity index (χ0v) is 14.4. The number of amides is 2. The Morgan fingerprint density at radius 2 is 1.50 bits per heavy atom. The van der Waals surface area contributed by atoms with Crippen LogP contribution >= 0.6 is 0 Å². The van der Waals surface area contributed by atoms with E-state index in [2.05, 4.69) is 10.6 Å². The fourth-order valence-corrected chi connectivity index (χ4v) is 2.48. The molecule has 0 aliphatic heterocycles. The number of rotatable bonds is 5. The first-order chi connectivity index (χ1) is 11.4. The number of benzene rings is 2. The van der Waals surface area contributed by atoms with Gasteiger partial charge in [0.25, 0.3) is 0 Å². The zero-order chi connectivity index (χ0) is 17.7. The second kappa shape index (κ2) is 7.64. The molecule has 0 heterocycles. The Morgan fingerprint density at radius 1 is 0.917 bits per heavy atom. The van der Waals surface area contributed by atoms with Crippen LogP contribution in [0.4, 0.5) is 11.4 Å². The van der Waals surface area contributed by atoms with E-state index in [1.807, 2.05) is 26.0 Å². The van der Waals surface area contributed by atoms with Gasteiger partial charge in [0.2, 0.25) is 11.8 Å².